The van der Waals surface area contributed by atoms with Crippen LogP contribution in [0.4, 0.5) is 5.69 Å². The lowest BCUT2D eigenvalue weighted by molar-refractivity contribution is 0.0965. The number of nitrogens with two attached hydrogens (primary N) is 1. The van der Waals surface area contributed by atoms with Crippen LogP contribution < -0.4 is 11.1 Å². The van der Waals surface area contributed by atoms with Crippen molar-refractivity contribution in [1.29, 1.82) is 0 Å². The van der Waals surface area contributed by atoms with Crippen LogP contribution in [0.1, 0.15) is 10.4 Å². The molecule has 0 bridgehead atoms. The number of anilines is 1. The van der Waals surface area contributed by atoms with Crippen molar-refractivity contribution in [2.75, 3.05) is 12.8 Å². The lowest BCUT2D eigenvalue weighted by Gasteiger charge is -1.97. The van der Waals surface area contributed by atoms with Crippen molar-refractivity contribution in [3.8, 4) is 0 Å². The Morgan fingerprint density at radius 1 is 1.50 bits per heavy atom. The first-order chi connectivity index (χ1) is 6.72. The molecule has 1 aromatic heterocycles. The van der Waals surface area contributed by atoms with Gasteiger partial charge in [0.1, 0.15) is 0 Å². The van der Waals surface area contributed by atoms with E-state index >= 15 is 0 Å². The van der Waals surface area contributed by atoms with Crippen LogP contribution in [0, 0.1) is 0 Å². The zero-order chi connectivity index (χ0) is 10.1. The zero-order valence-electron chi connectivity index (χ0n) is 7.79. The van der Waals surface area contributed by atoms with Crippen molar-refractivity contribution in [1.82, 2.24) is 10.3 Å². The highest BCUT2D eigenvalue weighted by molar-refractivity contribution is 6.07. The second kappa shape index (κ2) is 3.06. The molecule has 0 aliphatic rings. The van der Waals surface area contributed by atoms with Gasteiger partial charge < -0.3 is 16.0 Å². The maximum atomic E-state index is 11.4. The number of fused-ring (bicyclic) bond motifs is 1. The molecule has 1 amide bonds. The third-order valence-electron chi connectivity index (χ3n) is 2.18. The number of carbonyl (C=O) groups excluding carboxylic acids is 1. The van der Waals surface area contributed by atoms with E-state index < -0.39 is 0 Å². The number of amides is 1. The standard InChI is InChI=1S/C10H11N3O/c1-12-10(14)8-5-13-9-4-6(11)2-3-7(8)9/h2-5,13H,11H2,1H3,(H,12,14). The third-order valence-corrected chi connectivity index (χ3v) is 2.18. The number of hydrogen-bond acceptors (Lipinski definition) is 2. The molecule has 0 fully saturated rings. The Bertz CT molecular complexity index is 487. The van der Waals surface area contributed by atoms with Crippen molar-refractivity contribution >= 4 is 22.5 Å². The minimum Gasteiger partial charge on any atom is -0.399 e. The highest BCUT2D eigenvalue weighted by atomic mass is 16.1. The molecule has 0 spiro atoms. The van der Waals surface area contributed by atoms with Gasteiger partial charge in [-0.3, -0.25) is 4.79 Å². The average molecular weight is 189 g/mol. The molecule has 1 heterocycles. The van der Waals surface area contributed by atoms with E-state index in [4.69, 9.17) is 5.73 Å². The van der Waals surface area contributed by atoms with Gasteiger partial charge in [-0.1, -0.05) is 0 Å². The van der Waals surface area contributed by atoms with Crippen molar-refractivity contribution in [2.45, 2.75) is 0 Å². The van der Waals surface area contributed by atoms with E-state index in [0.717, 1.165) is 10.9 Å². The zero-order valence-corrected chi connectivity index (χ0v) is 7.79. The molecular formula is C10H11N3O. The molecule has 0 aliphatic heterocycles. The summed E-state index contributed by atoms with van der Waals surface area (Å²) in [6, 6.07) is 5.43. The van der Waals surface area contributed by atoms with E-state index in [-0.39, 0.29) is 5.91 Å². The van der Waals surface area contributed by atoms with Crippen molar-refractivity contribution in [2.24, 2.45) is 0 Å². The highest BCUT2D eigenvalue weighted by Crippen LogP contribution is 2.20. The van der Waals surface area contributed by atoms with Gasteiger partial charge in [-0.05, 0) is 18.2 Å². The van der Waals surface area contributed by atoms with Crippen LogP contribution in [-0.4, -0.2) is 17.9 Å². The predicted molar refractivity (Wildman–Crippen MR) is 56.1 cm³/mol. The van der Waals surface area contributed by atoms with Crippen molar-refractivity contribution < 1.29 is 4.79 Å². The Hall–Kier alpha value is -1.97. The molecule has 0 atom stereocenters. The first kappa shape index (κ1) is 8.62. The van der Waals surface area contributed by atoms with Crippen molar-refractivity contribution in [3.63, 3.8) is 0 Å². The van der Waals surface area contributed by atoms with E-state index in [9.17, 15) is 4.79 Å². The fourth-order valence-electron chi connectivity index (χ4n) is 1.47. The van der Waals surface area contributed by atoms with E-state index in [1.54, 1.807) is 19.3 Å². The summed E-state index contributed by atoms with van der Waals surface area (Å²) in [5, 5.41) is 3.47. The van der Waals surface area contributed by atoms with Crippen LogP contribution in [-0.2, 0) is 0 Å². The molecular weight excluding hydrogens is 178 g/mol. The van der Waals surface area contributed by atoms with Crippen molar-refractivity contribution in [3.05, 3.63) is 30.0 Å². The van der Waals surface area contributed by atoms with Gasteiger partial charge in [-0.15, -0.1) is 0 Å². The molecule has 0 aliphatic carbocycles. The lowest BCUT2D eigenvalue weighted by Crippen LogP contribution is -2.17. The normalized spacial score (nSPS) is 10.4. The average Bonchev–Trinajstić information content (AvgIpc) is 2.59. The topological polar surface area (TPSA) is 70.9 Å². The summed E-state index contributed by atoms with van der Waals surface area (Å²) in [6.07, 6.45) is 1.68. The van der Waals surface area contributed by atoms with Crippen LogP contribution >= 0.6 is 0 Å². The second-order valence-corrected chi connectivity index (χ2v) is 3.09. The molecule has 0 saturated carbocycles. The molecule has 4 nitrogen and oxygen atoms in total. The fourth-order valence-corrected chi connectivity index (χ4v) is 1.47. The van der Waals surface area contributed by atoms with Crippen LogP contribution in [0.15, 0.2) is 24.4 Å². The lowest BCUT2D eigenvalue weighted by atomic mass is 10.1. The molecule has 0 unspecified atom stereocenters. The molecule has 72 valence electrons. The molecule has 0 radical (unpaired) electrons. The van der Waals surface area contributed by atoms with Gasteiger partial charge in [0.25, 0.3) is 5.91 Å². The monoisotopic (exact) mass is 189 g/mol. The number of carbonyl (C=O) groups is 1. The van der Waals surface area contributed by atoms with Gasteiger partial charge in [0.2, 0.25) is 0 Å². The van der Waals surface area contributed by atoms with E-state index in [0.29, 0.717) is 11.3 Å². The number of nitrogens with one attached hydrogen (secondary N) is 2. The molecule has 2 rings (SSSR count). The summed E-state index contributed by atoms with van der Waals surface area (Å²) in [4.78, 5) is 14.4. The number of nitrogen functional groups attached to an aromatic ring is 1. The van der Waals surface area contributed by atoms with E-state index in [2.05, 4.69) is 10.3 Å². The minimum atomic E-state index is -0.0963. The first-order valence-corrected chi connectivity index (χ1v) is 4.31. The molecule has 2 aromatic rings. The summed E-state index contributed by atoms with van der Waals surface area (Å²) < 4.78 is 0. The van der Waals surface area contributed by atoms with Crippen LogP contribution in [0.3, 0.4) is 0 Å². The largest absolute Gasteiger partial charge is 0.399 e. The Morgan fingerprint density at radius 3 is 3.00 bits per heavy atom. The van der Waals surface area contributed by atoms with Crippen LogP contribution in [0.2, 0.25) is 0 Å². The number of H-pyrrole nitrogens is 1. The van der Waals surface area contributed by atoms with Gasteiger partial charge in [0, 0.05) is 29.8 Å². The number of aromatic nitrogens is 1. The van der Waals surface area contributed by atoms with Crippen LogP contribution in [0.25, 0.3) is 10.9 Å². The van der Waals surface area contributed by atoms with E-state index in [1.165, 1.54) is 0 Å². The van der Waals surface area contributed by atoms with E-state index in [1.807, 2.05) is 12.1 Å². The summed E-state index contributed by atoms with van der Waals surface area (Å²) in [5.74, 6) is -0.0963. The molecule has 4 heteroatoms. The van der Waals surface area contributed by atoms with Crippen LogP contribution in [0.5, 0.6) is 0 Å². The Kier molecular flexibility index (Phi) is 1.89. The smallest absolute Gasteiger partial charge is 0.253 e. The Balaban J connectivity index is 2.64. The maximum absolute atomic E-state index is 11.4. The molecule has 1 aromatic carbocycles. The first-order valence-electron chi connectivity index (χ1n) is 4.31. The van der Waals surface area contributed by atoms with Gasteiger partial charge in [0.15, 0.2) is 0 Å². The molecule has 0 saturated heterocycles. The fraction of sp³-hybridized carbons (Fsp3) is 0.100. The van der Waals surface area contributed by atoms with Gasteiger partial charge in [-0.25, -0.2) is 0 Å². The molecule has 14 heavy (non-hydrogen) atoms. The third kappa shape index (κ3) is 1.21. The number of rotatable bonds is 1. The number of hydrogen-bond donors (Lipinski definition) is 3. The predicted octanol–water partition coefficient (Wildman–Crippen LogP) is 1.11. The quantitative estimate of drug-likeness (QED) is 0.588. The highest BCUT2D eigenvalue weighted by Gasteiger charge is 2.09. The summed E-state index contributed by atoms with van der Waals surface area (Å²) in [7, 11) is 1.61. The second-order valence-electron chi connectivity index (χ2n) is 3.09. The van der Waals surface area contributed by atoms with Gasteiger partial charge in [0.05, 0.1) is 5.56 Å². The summed E-state index contributed by atoms with van der Waals surface area (Å²) in [6.45, 7) is 0. The van der Waals surface area contributed by atoms with Gasteiger partial charge in [-0.2, -0.15) is 0 Å². The minimum absolute atomic E-state index is 0.0963. The maximum Gasteiger partial charge on any atom is 0.253 e. The van der Waals surface area contributed by atoms with Gasteiger partial charge >= 0.3 is 0 Å². The summed E-state index contributed by atoms with van der Waals surface area (Å²) >= 11 is 0. The summed E-state index contributed by atoms with van der Waals surface area (Å²) in [5.41, 5.74) is 7.82. The Labute approximate surface area is 81.1 Å². The molecule has 4 N–H and O–H groups in total. The number of aromatic amines is 1. The Morgan fingerprint density at radius 2 is 2.29 bits per heavy atom. The number of benzene rings is 1. The SMILES string of the molecule is CNC(=O)c1c[nH]c2cc(N)ccc12.